The molecular weight excluding hydrogens is 322 g/mol. The maximum Gasteiger partial charge on any atom is 0.161 e. The topological polar surface area (TPSA) is 29.5 Å². The molecule has 3 rings (SSSR count). The van der Waals surface area contributed by atoms with Crippen LogP contribution in [0.5, 0.6) is 5.75 Å². The molecule has 3 nitrogen and oxygen atoms in total. The van der Waals surface area contributed by atoms with Gasteiger partial charge in [-0.1, -0.05) is 49.4 Å². The number of carbonyl (C=O) groups excluding carboxylic acids is 1. The smallest absolute Gasteiger partial charge is 0.161 e. The van der Waals surface area contributed by atoms with Crippen molar-refractivity contribution in [2.24, 2.45) is 0 Å². The van der Waals surface area contributed by atoms with Gasteiger partial charge in [-0.25, -0.2) is 0 Å². The van der Waals surface area contributed by atoms with Crippen LogP contribution in [-0.2, 0) is 11.2 Å². The number of hydrogen-bond donors (Lipinski definition) is 0. The van der Waals surface area contributed by atoms with Gasteiger partial charge < -0.3 is 4.74 Å². The number of nitrogens with zero attached hydrogens (tertiary/aromatic N) is 1. The molecule has 0 saturated carbocycles. The number of likely N-dealkylation sites (N-methyl/N-ethyl adjacent to an activating group) is 1. The zero-order chi connectivity index (χ0) is 18.2. The lowest BCUT2D eigenvalue weighted by Crippen LogP contribution is -2.35. The molecule has 0 radical (unpaired) electrons. The summed E-state index contributed by atoms with van der Waals surface area (Å²) >= 11 is 0. The lowest BCUT2D eigenvalue weighted by Gasteiger charge is -2.26. The molecule has 0 bridgehead atoms. The molecule has 1 aliphatic rings. The Bertz CT molecular complexity index is 735. The molecule has 3 heteroatoms. The van der Waals surface area contributed by atoms with Crippen molar-refractivity contribution in [2.75, 3.05) is 26.2 Å². The first-order valence-electron chi connectivity index (χ1n) is 9.47. The Balaban J connectivity index is 1.50. The van der Waals surface area contributed by atoms with Crippen molar-refractivity contribution in [1.82, 2.24) is 4.90 Å². The van der Waals surface area contributed by atoms with Crippen LogP contribution in [0, 0.1) is 0 Å². The molecule has 1 saturated heterocycles. The summed E-state index contributed by atoms with van der Waals surface area (Å²) in [6, 6.07) is 18.5. The van der Waals surface area contributed by atoms with Crippen LogP contribution in [0.4, 0.5) is 0 Å². The van der Waals surface area contributed by atoms with E-state index in [9.17, 15) is 4.79 Å². The first-order valence-corrected chi connectivity index (χ1v) is 9.47. The number of ether oxygens (including phenoxy) is 1. The second kappa shape index (κ2) is 9.35. The van der Waals surface area contributed by atoms with Crippen molar-refractivity contribution in [1.29, 1.82) is 0 Å². The Morgan fingerprint density at radius 2 is 1.85 bits per heavy atom. The van der Waals surface area contributed by atoms with Gasteiger partial charge >= 0.3 is 0 Å². The van der Waals surface area contributed by atoms with Crippen molar-refractivity contribution in [3.05, 3.63) is 71.3 Å². The van der Waals surface area contributed by atoms with Crippen LogP contribution in [0.15, 0.2) is 60.2 Å². The minimum Gasteiger partial charge on any atom is -0.494 e. The van der Waals surface area contributed by atoms with Gasteiger partial charge in [-0.15, -0.1) is 0 Å². The minimum atomic E-state index is 0.274. The molecule has 0 aliphatic carbocycles. The normalized spacial score (nSPS) is 16.8. The van der Waals surface area contributed by atoms with Gasteiger partial charge in [0, 0.05) is 25.1 Å². The molecule has 26 heavy (non-hydrogen) atoms. The molecule has 1 fully saturated rings. The Labute approximate surface area is 156 Å². The first kappa shape index (κ1) is 18.4. The highest BCUT2D eigenvalue weighted by molar-refractivity contribution is 6.00. The van der Waals surface area contributed by atoms with Crippen LogP contribution in [0.3, 0.4) is 0 Å². The first-order chi connectivity index (χ1) is 12.7. The number of carbonyl (C=O) groups is 1. The van der Waals surface area contributed by atoms with Gasteiger partial charge in [0.25, 0.3) is 0 Å². The van der Waals surface area contributed by atoms with E-state index in [4.69, 9.17) is 4.74 Å². The molecule has 2 aromatic rings. The molecule has 1 aliphatic heterocycles. The lowest BCUT2D eigenvalue weighted by atomic mass is 10.0. The number of ketones is 1. The molecule has 0 aromatic heterocycles. The van der Waals surface area contributed by atoms with Crippen LogP contribution in [-0.4, -0.2) is 36.9 Å². The number of rotatable bonds is 7. The number of Topliss-reactive ketones (excluding diaryl/α,β-unsaturated/α-hetero) is 1. The summed E-state index contributed by atoms with van der Waals surface area (Å²) in [5.41, 5.74) is 3.31. The average Bonchev–Trinajstić information content (AvgIpc) is 2.69. The fourth-order valence-corrected chi connectivity index (χ4v) is 3.20. The van der Waals surface area contributed by atoms with Gasteiger partial charge in [0.05, 0.1) is 6.61 Å². The molecule has 1 heterocycles. The second-order valence-electron chi connectivity index (χ2n) is 6.72. The van der Waals surface area contributed by atoms with E-state index < -0.39 is 0 Å². The Morgan fingerprint density at radius 1 is 1.08 bits per heavy atom. The van der Waals surface area contributed by atoms with E-state index >= 15 is 0 Å². The number of benzene rings is 2. The summed E-state index contributed by atoms with van der Waals surface area (Å²) in [6.07, 6.45) is 4.67. The van der Waals surface area contributed by atoms with E-state index in [1.165, 1.54) is 5.56 Å². The Morgan fingerprint density at radius 3 is 2.58 bits per heavy atom. The zero-order valence-corrected chi connectivity index (χ0v) is 15.5. The third-order valence-electron chi connectivity index (χ3n) is 4.80. The fraction of sp³-hybridized carbons (Fsp3) is 0.348. The third-order valence-corrected chi connectivity index (χ3v) is 4.80. The van der Waals surface area contributed by atoms with Crippen molar-refractivity contribution in [2.45, 2.75) is 26.2 Å². The van der Waals surface area contributed by atoms with E-state index in [0.29, 0.717) is 13.0 Å². The number of aryl methyl sites for hydroxylation is 1. The van der Waals surface area contributed by atoms with Crippen molar-refractivity contribution < 1.29 is 9.53 Å². The molecule has 0 spiro atoms. The summed E-state index contributed by atoms with van der Waals surface area (Å²) in [5, 5.41) is 0. The van der Waals surface area contributed by atoms with Crippen molar-refractivity contribution >= 4 is 11.9 Å². The van der Waals surface area contributed by atoms with Gasteiger partial charge in [0.2, 0.25) is 0 Å². The van der Waals surface area contributed by atoms with Gasteiger partial charge in [0.15, 0.2) is 5.78 Å². The van der Waals surface area contributed by atoms with E-state index in [1.807, 2.05) is 36.4 Å². The molecular formula is C23H27NO2. The maximum absolute atomic E-state index is 12.1. The Kier molecular flexibility index (Phi) is 6.62. The highest BCUT2D eigenvalue weighted by Gasteiger charge is 2.19. The minimum absolute atomic E-state index is 0.274. The largest absolute Gasteiger partial charge is 0.494 e. The van der Waals surface area contributed by atoms with Gasteiger partial charge in [-0.2, -0.15) is 0 Å². The maximum atomic E-state index is 12.1. The molecule has 0 N–H and O–H groups in total. The lowest BCUT2D eigenvalue weighted by molar-refractivity contribution is -0.117. The van der Waals surface area contributed by atoms with E-state index in [1.54, 1.807) is 0 Å². The Hall–Kier alpha value is -2.39. The van der Waals surface area contributed by atoms with Crippen LogP contribution in [0.1, 0.15) is 30.9 Å². The predicted octanol–water partition coefficient (Wildman–Crippen LogP) is 4.38. The molecule has 2 aromatic carbocycles. The van der Waals surface area contributed by atoms with E-state index in [2.05, 4.69) is 36.1 Å². The van der Waals surface area contributed by atoms with Crippen LogP contribution >= 0.6 is 0 Å². The summed E-state index contributed by atoms with van der Waals surface area (Å²) in [4.78, 5) is 14.4. The fourth-order valence-electron chi connectivity index (χ4n) is 3.20. The SMILES string of the molecule is CCN1CCC(=O)/C(=C/c2ccc(OCCCc3ccccc3)cc2)C1. The summed E-state index contributed by atoms with van der Waals surface area (Å²) < 4.78 is 5.83. The third kappa shape index (κ3) is 5.30. The van der Waals surface area contributed by atoms with Crippen LogP contribution in [0.25, 0.3) is 6.08 Å². The highest BCUT2D eigenvalue weighted by atomic mass is 16.5. The van der Waals surface area contributed by atoms with Gasteiger partial charge in [-0.3, -0.25) is 9.69 Å². The number of piperidine rings is 1. The second-order valence-corrected chi connectivity index (χ2v) is 6.72. The number of likely N-dealkylation sites (tertiary alicyclic amines) is 1. The molecule has 0 unspecified atom stereocenters. The van der Waals surface area contributed by atoms with Crippen LogP contribution < -0.4 is 4.74 Å². The predicted molar refractivity (Wildman–Crippen MR) is 106 cm³/mol. The quantitative estimate of drug-likeness (QED) is 0.549. The van der Waals surface area contributed by atoms with Gasteiger partial charge in [0.1, 0.15) is 5.75 Å². The van der Waals surface area contributed by atoms with Gasteiger partial charge in [-0.05, 0) is 48.7 Å². The zero-order valence-electron chi connectivity index (χ0n) is 15.5. The molecule has 136 valence electrons. The standard InChI is InChI=1S/C23H27NO2/c1-2-24-15-14-23(25)21(18-24)17-20-10-12-22(13-11-20)26-16-6-9-19-7-4-3-5-8-19/h3-5,7-8,10-13,17H,2,6,9,14-16,18H2,1H3/b21-17+. The van der Waals surface area contributed by atoms with Crippen molar-refractivity contribution in [3.63, 3.8) is 0 Å². The monoisotopic (exact) mass is 349 g/mol. The summed E-state index contributed by atoms with van der Waals surface area (Å²) in [5.74, 6) is 1.15. The molecule has 0 atom stereocenters. The van der Waals surface area contributed by atoms with Crippen molar-refractivity contribution in [3.8, 4) is 5.75 Å². The highest BCUT2D eigenvalue weighted by Crippen LogP contribution is 2.18. The van der Waals surface area contributed by atoms with E-state index in [-0.39, 0.29) is 5.78 Å². The van der Waals surface area contributed by atoms with E-state index in [0.717, 1.165) is 49.4 Å². The molecule has 0 amide bonds. The number of hydrogen-bond acceptors (Lipinski definition) is 3. The van der Waals surface area contributed by atoms with Crippen LogP contribution in [0.2, 0.25) is 0 Å². The summed E-state index contributed by atoms with van der Waals surface area (Å²) in [7, 11) is 0. The summed E-state index contributed by atoms with van der Waals surface area (Å²) in [6.45, 7) is 5.46. The average molecular weight is 349 g/mol.